The van der Waals surface area contributed by atoms with Gasteiger partial charge in [-0.25, -0.2) is 13.4 Å². The zero-order valence-electron chi connectivity index (χ0n) is 18.8. The van der Waals surface area contributed by atoms with Gasteiger partial charge in [-0.1, -0.05) is 30.3 Å². The highest BCUT2D eigenvalue weighted by Gasteiger charge is 2.28. The van der Waals surface area contributed by atoms with E-state index in [1.165, 1.54) is 11.3 Å². The van der Waals surface area contributed by atoms with Crippen molar-refractivity contribution >= 4 is 43.3 Å². The molecular weight excluding hydrogens is 468 g/mol. The number of carbonyl (C=O) groups is 1. The summed E-state index contributed by atoms with van der Waals surface area (Å²) in [6.07, 6.45) is 5.26. The number of para-hydroxylation sites is 1. The van der Waals surface area contributed by atoms with Crippen molar-refractivity contribution in [3.63, 3.8) is 0 Å². The molecule has 1 aliphatic rings. The lowest BCUT2D eigenvalue weighted by Crippen LogP contribution is -2.41. The Morgan fingerprint density at radius 2 is 1.85 bits per heavy atom. The van der Waals surface area contributed by atoms with Crippen molar-refractivity contribution in [3.8, 4) is 0 Å². The molecule has 1 N–H and O–H groups in total. The van der Waals surface area contributed by atoms with E-state index in [0.29, 0.717) is 24.1 Å². The molecule has 0 spiro atoms. The third kappa shape index (κ3) is 4.45. The van der Waals surface area contributed by atoms with Crippen LogP contribution in [0.15, 0.2) is 77.3 Å². The molecule has 34 heavy (non-hydrogen) atoms. The van der Waals surface area contributed by atoms with Crippen LogP contribution in [0.1, 0.15) is 40.1 Å². The number of benzene rings is 2. The molecule has 0 saturated carbocycles. The van der Waals surface area contributed by atoms with Crippen LogP contribution in [-0.4, -0.2) is 41.9 Å². The van der Waals surface area contributed by atoms with E-state index in [-0.39, 0.29) is 19.7 Å². The van der Waals surface area contributed by atoms with Crippen LogP contribution in [0.25, 0.3) is 10.9 Å². The average Bonchev–Trinajstić information content (AvgIpc) is 3.53. The van der Waals surface area contributed by atoms with Gasteiger partial charge in [-0.3, -0.25) is 9.52 Å². The van der Waals surface area contributed by atoms with Gasteiger partial charge in [0.05, 0.1) is 4.90 Å². The molecule has 0 aliphatic carbocycles. The molecule has 5 rings (SSSR count). The fraction of sp³-hybridized carbons (Fsp3) is 0.280. The highest BCUT2D eigenvalue weighted by atomic mass is 32.2. The fourth-order valence-electron chi connectivity index (χ4n) is 4.63. The Morgan fingerprint density at radius 3 is 2.56 bits per heavy atom. The van der Waals surface area contributed by atoms with E-state index in [2.05, 4.69) is 15.8 Å². The minimum absolute atomic E-state index is 0. The lowest BCUT2D eigenvalue weighted by atomic mass is 9.89. The number of hydrogen-bond donors (Lipinski definition) is 1. The maximum absolute atomic E-state index is 13.2. The molecular formula is C25H30N4O3S2. The van der Waals surface area contributed by atoms with Crippen LogP contribution in [0.2, 0.25) is 0 Å². The van der Waals surface area contributed by atoms with Crippen LogP contribution in [0.3, 0.4) is 0 Å². The molecule has 4 aromatic rings. The highest BCUT2D eigenvalue weighted by Crippen LogP contribution is 2.31. The lowest BCUT2D eigenvalue weighted by Gasteiger charge is -2.34. The summed E-state index contributed by atoms with van der Waals surface area (Å²) in [5.74, 6) is 0.435. The Hall–Kier alpha value is -3.17. The van der Waals surface area contributed by atoms with Crippen molar-refractivity contribution < 1.29 is 16.1 Å². The zero-order valence-corrected chi connectivity index (χ0v) is 20.4. The maximum atomic E-state index is 13.2. The first-order chi connectivity index (χ1) is 16.4. The number of aromatic nitrogens is 2. The van der Waals surface area contributed by atoms with Crippen molar-refractivity contribution in [2.75, 3.05) is 17.8 Å². The SMILES string of the molecule is C[C@@H](C(=O)N1CCC(c2ccc(S(=O)(=O)Nc3nccs3)cc2)CC1)n1ccc2ccccc21.[HH].[HH]. The first-order valence-electron chi connectivity index (χ1n) is 11.3. The Labute approximate surface area is 206 Å². The van der Waals surface area contributed by atoms with E-state index in [4.69, 9.17) is 0 Å². The van der Waals surface area contributed by atoms with Crippen LogP contribution >= 0.6 is 11.3 Å². The fourth-order valence-corrected chi connectivity index (χ4v) is 6.41. The number of rotatable bonds is 6. The Kier molecular flexibility index (Phi) is 6.14. The molecule has 1 amide bonds. The van der Waals surface area contributed by atoms with Crippen LogP contribution in [-0.2, 0) is 14.8 Å². The summed E-state index contributed by atoms with van der Waals surface area (Å²) >= 11 is 1.24. The Morgan fingerprint density at radius 1 is 1.12 bits per heavy atom. The maximum Gasteiger partial charge on any atom is 0.263 e. The van der Waals surface area contributed by atoms with Crippen LogP contribution in [0.5, 0.6) is 0 Å². The molecule has 0 bridgehead atoms. The summed E-state index contributed by atoms with van der Waals surface area (Å²) in [5, 5.41) is 3.20. The number of nitrogens with zero attached hydrogens (tertiary/aromatic N) is 3. The number of nitrogens with one attached hydrogen (secondary N) is 1. The Bertz CT molecular complexity index is 1400. The normalized spacial score (nSPS) is 16.0. The largest absolute Gasteiger partial charge is 0.341 e. The van der Waals surface area contributed by atoms with Crippen molar-refractivity contribution in [3.05, 3.63) is 77.9 Å². The minimum atomic E-state index is -3.65. The van der Waals surface area contributed by atoms with Gasteiger partial charge in [-0.05, 0) is 60.9 Å². The van der Waals surface area contributed by atoms with Gasteiger partial charge >= 0.3 is 0 Å². The second-order valence-corrected chi connectivity index (χ2v) is 11.1. The predicted octanol–water partition coefficient (Wildman–Crippen LogP) is 5.36. The van der Waals surface area contributed by atoms with Crippen LogP contribution in [0, 0.1) is 0 Å². The zero-order chi connectivity index (χ0) is 23.7. The molecule has 180 valence electrons. The number of carbonyl (C=O) groups excluding carboxylic acids is 1. The van der Waals surface area contributed by atoms with Gasteiger partial charge in [0.2, 0.25) is 5.91 Å². The molecule has 1 fully saturated rings. The average molecular weight is 499 g/mol. The molecule has 7 nitrogen and oxygen atoms in total. The van der Waals surface area contributed by atoms with Crippen molar-refractivity contribution in [1.29, 1.82) is 0 Å². The van der Waals surface area contributed by atoms with Gasteiger partial charge in [0.1, 0.15) is 6.04 Å². The number of thiazole rings is 1. The van der Waals surface area contributed by atoms with Gasteiger partial charge in [0.15, 0.2) is 5.13 Å². The summed E-state index contributed by atoms with van der Waals surface area (Å²) in [7, 11) is -3.65. The topological polar surface area (TPSA) is 84.3 Å². The summed E-state index contributed by atoms with van der Waals surface area (Å²) in [6, 6.07) is 16.9. The first-order valence-corrected chi connectivity index (χ1v) is 13.7. The van der Waals surface area contributed by atoms with E-state index in [1.54, 1.807) is 23.7 Å². The monoisotopic (exact) mass is 498 g/mol. The molecule has 2 aromatic carbocycles. The molecule has 9 heteroatoms. The second-order valence-electron chi connectivity index (χ2n) is 8.57. The number of hydrogen-bond acceptors (Lipinski definition) is 5. The second kappa shape index (κ2) is 9.23. The summed E-state index contributed by atoms with van der Waals surface area (Å²) in [4.78, 5) is 19.3. The summed E-state index contributed by atoms with van der Waals surface area (Å²) in [6.45, 7) is 3.34. The molecule has 0 unspecified atom stereocenters. The van der Waals surface area contributed by atoms with Gasteiger partial charge in [0, 0.05) is 39.2 Å². The molecule has 1 aliphatic heterocycles. The van der Waals surface area contributed by atoms with Crippen LogP contribution in [0.4, 0.5) is 5.13 Å². The number of amides is 1. The van der Waals surface area contributed by atoms with Gasteiger partial charge in [-0.2, -0.15) is 0 Å². The lowest BCUT2D eigenvalue weighted by molar-refractivity contribution is -0.135. The van der Waals surface area contributed by atoms with Crippen molar-refractivity contribution in [2.45, 2.75) is 36.6 Å². The van der Waals surface area contributed by atoms with E-state index < -0.39 is 10.0 Å². The number of piperidine rings is 1. The third-order valence-corrected chi connectivity index (χ3v) is 8.70. The Balaban J connectivity index is 0.00000180. The summed E-state index contributed by atoms with van der Waals surface area (Å²) in [5.41, 5.74) is 2.17. The predicted molar refractivity (Wildman–Crippen MR) is 139 cm³/mol. The van der Waals surface area contributed by atoms with E-state index >= 15 is 0 Å². The van der Waals surface area contributed by atoms with Gasteiger partial charge in [-0.15, -0.1) is 11.3 Å². The number of fused-ring (bicyclic) bond motifs is 1. The number of anilines is 1. The molecule has 3 heterocycles. The van der Waals surface area contributed by atoms with E-state index in [1.807, 2.05) is 59.0 Å². The molecule has 1 saturated heterocycles. The molecule has 2 aromatic heterocycles. The van der Waals surface area contributed by atoms with Crippen LogP contribution < -0.4 is 4.72 Å². The molecule has 1 atom stereocenters. The van der Waals surface area contributed by atoms with Crippen molar-refractivity contribution in [1.82, 2.24) is 14.5 Å². The van der Waals surface area contributed by atoms with Gasteiger partial charge < -0.3 is 9.47 Å². The number of likely N-dealkylation sites (tertiary alicyclic amines) is 1. The quantitative estimate of drug-likeness (QED) is 0.388. The highest BCUT2D eigenvalue weighted by molar-refractivity contribution is 7.93. The summed E-state index contributed by atoms with van der Waals surface area (Å²) < 4.78 is 29.7. The minimum Gasteiger partial charge on any atom is -0.341 e. The number of sulfonamides is 1. The standard InChI is InChI=1S/C25H26N4O3S2.2H2/c1-18(29-16-12-21-4-2-3-5-23(21)29)24(30)28-14-10-20(11-15-28)19-6-8-22(9-7-19)34(31,32)27-25-26-13-17-33-25;;/h2-9,12-13,16-18,20H,10-11,14-15H2,1H3,(H,26,27);2*1H/t18-;;/m0../s1. The van der Waals surface area contributed by atoms with Crippen molar-refractivity contribution in [2.24, 2.45) is 0 Å². The van der Waals surface area contributed by atoms with E-state index in [9.17, 15) is 13.2 Å². The van der Waals surface area contributed by atoms with Gasteiger partial charge in [0.25, 0.3) is 10.0 Å². The smallest absolute Gasteiger partial charge is 0.263 e. The van der Waals surface area contributed by atoms with E-state index in [0.717, 1.165) is 29.3 Å². The first kappa shape index (κ1) is 22.6. The molecule has 0 radical (unpaired) electrons. The third-order valence-electron chi connectivity index (χ3n) is 6.53.